The number of rotatable bonds is 5. The first-order valence-electron chi connectivity index (χ1n) is 7.48. The molecule has 0 bridgehead atoms. The van der Waals surface area contributed by atoms with Crippen LogP contribution in [0.25, 0.3) is 0 Å². The zero-order chi connectivity index (χ0) is 19.4. The Balaban J connectivity index is 2.03. The molecule has 0 fully saturated rings. The van der Waals surface area contributed by atoms with E-state index in [1.807, 2.05) is 6.92 Å². The summed E-state index contributed by atoms with van der Waals surface area (Å²) in [4.78, 5) is 36.3. The van der Waals surface area contributed by atoms with Gasteiger partial charge in [-0.1, -0.05) is 11.6 Å². The molecule has 0 spiro atoms. The molecule has 1 heterocycles. The van der Waals surface area contributed by atoms with Crippen molar-refractivity contribution in [1.29, 1.82) is 0 Å². The molecule has 138 valence electrons. The van der Waals surface area contributed by atoms with Gasteiger partial charge in [0.05, 0.1) is 10.6 Å². The van der Waals surface area contributed by atoms with Crippen molar-refractivity contribution in [3.8, 4) is 0 Å². The topological polar surface area (TPSA) is 84.5 Å². The van der Waals surface area contributed by atoms with Gasteiger partial charge in [0.2, 0.25) is 5.91 Å². The van der Waals surface area contributed by atoms with Gasteiger partial charge < -0.3 is 15.4 Å². The van der Waals surface area contributed by atoms with Crippen LogP contribution >= 0.6 is 22.9 Å². The molecule has 0 saturated heterocycles. The SMILES string of the molecule is CC(=O)Nc1sc(C)c(C)c1C(=O)OCC(=O)Nc1ccc(F)c(Cl)c1. The van der Waals surface area contributed by atoms with Crippen LogP contribution in [0.3, 0.4) is 0 Å². The number of halogens is 2. The first-order valence-corrected chi connectivity index (χ1v) is 8.68. The molecule has 0 aliphatic rings. The van der Waals surface area contributed by atoms with Gasteiger partial charge in [-0.25, -0.2) is 9.18 Å². The predicted molar refractivity (Wildman–Crippen MR) is 98.4 cm³/mol. The minimum absolute atomic E-state index is 0.135. The van der Waals surface area contributed by atoms with E-state index >= 15 is 0 Å². The Labute approximate surface area is 158 Å². The van der Waals surface area contributed by atoms with E-state index in [4.69, 9.17) is 16.3 Å². The van der Waals surface area contributed by atoms with Gasteiger partial charge in [0, 0.05) is 17.5 Å². The number of aryl methyl sites for hydroxylation is 1. The van der Waals surface area contributed by atoms with E-state index in [2.05, 4.69) is 10.6 Å². The lowest BCUT2D eigenvalue weighted by atomic mass is 10.1. The van der Waals surface area contributed by atoms with E-state index < -0.39 is 24.3 Å². The molecule has 0 radical (unpaired) electrons. The lowest BCUT2D eigenvalue weighted by Crippen LogP contribution is -2.21. The Morgan fingerprint density at radius 1 is 1.23 bits per heavy atom. The summed E-state index contributed by atoms with van der Waals surface area (Å²) in [7, 11) is 0. The summed E-state index contributed by atoms with van der Waals surface area (Å²) in [5.74, 6) is -2.24. The summed E-state index contributed by atoms with van der Waals surface area (Å²) >= 11 is 6.89. The van der Waals surface area contributed by atoms with Crippen LogP contribution in [0.4, 0.5) is 15.1 Å². The van der Waals surface area contributed by atoms with Gasteiger partial charge in [0.1, 0.15) is 10.8 Å². The fourth-order valence-electron chi connectivity index (χ4n) is 2.09. The standard InChI is InChI=1S/C17H16ClFN2O4S/c1-8-9(2)26-16(20-10(3)22)15(8)17(24)25-7-14(23)21-11-4-5-13(19)12(18)6-11/h4-6H,7H2,1-3H3,(H,20,22)(H,21,23). The van der Waals surface area contributed by atoms with Crippen LogP contribution in [-0.4, -0.2) is 24.4 Å². The molecule has 2 aromatic rings. The maximum Gasteiger partial charge on any atom is 0.341 e. The number of carbonyl (C=O) groups excluding carboxylic acids is 3. The van der Waals surface area contributed by atoms with Gasteiger partial charge in [-0.2, -0.15) is 0 Å². The van der Waals surface area contributed by atoms with Crippen LogP contribution in [0, 0.1) is 19.7 Å². The number of amides is 2. The van der Waals surface area contributed by atoms with Crippen molar-refractivity contribution in [2.45, 2.75) is 20.8 Å². The highest BCUT2D eigenvalue weighted by molar-refractivity contribution is 7.16. The Bertz CT molecular complexity index is 882. The number of hydrogen-bond donors (Lipinski definition) is 2. The smallest absolute Gasteiger partial charge is 0.341 e. The van der Waals surface area contributed by atoms with E-state index in [0.29, 0.717) is 10.6 Å². The van der Waals surface area contributed by atoms with Gasteiger partial charge in [0.15, 0.2) is 6.61 Å². The van der Waals surface area contributed by atoms with Crippen molar-refractivity contribution in [2.24, 2.45) is 0 Å². The van der Waals surface area contributed by atoms with Crippen molar-refractivity contribution in [3.63, 3.8) is 0 Å². The zero-order valence-corrected chi connectivity index (χ0v) is 15.8. The van der Waals surface area contributed by atoms with Gasteiger partial charge in [-0.05, 0) is 37.6 Å². The Kier molecular flexibility index (Phi) is 6.33. The first-order chi connectivity index (χ1) is 12.2. The summed E-state index contributed by atoms with van der Waals surface area (Å²) in [5.41, 5.74) is 1.17. The highest BCUT2D eigenvalue weighted by atomic mass is 35.5. The summed E-state index contributed by atoms with van der Waals surface area (Å²) < 4.78 is 18.1. The Morgan fingerprint density at radius 2 is 1.92 bits per heavy atom. The molecule has 2 N–H and O–H groups in total. The van der Waals surface area contributed by atoms with Gasteiger partial charge in [0.25, 0.3) is 5.91 Å². The normalized spacial score (nSPS) is 10.3. The number of esters is 1. The van der Waals surface area contributed by atoms with Crippen LogP contribution in [-0.2, 0) is 14.3 Å². The highest BCUT2D eigenvalue weighted by Crippen LogP contribution is 2.33. The summed E-state index contributed by atoms with van der Waals surface area (Å²) in [5, 5.41) is 5.27. The van der Waals surface area contributed by atoms with Gasteiger partial charge >= 0.3 is 5.97 Å². The highest BCUT2D eigenvalue weighted by Gasteiger charge is 2.22. The minimum Gasteiger partial charge on any atom is -0.452 e. The van der Waals surface area contributed by atoms with E-state index in [-0.39, 0.29) is 22.2 Å². The van der Waals surface area contributed by atoms with Crippen LogP contribution < -0.4 is 10.6 Å². The maximum atomic E-state index is 13.1. The number of benzene rings is 1. The van der Waals surface area contributed by atoms with E-state index in [1.165, 1.54) is 30.4 Å². The lowest BCUT2D eigenvalue weighted by Gasteiger charge is -2.08. The van der Waals surface area contributed by atoms with Crippen LogP contribution in [0.2, 0.25) is 5.02 Å². The number of ether oxygens (including phenoxy) is 1. The second-order valence-corrected chi connectivity index (χ2v) is 7.05. The maximum absolute atomic E-state index is 13.1. The van der Waals surface area contributed by atoms with Crippen molar-refractivity contribution in [1.82, 2.24) is 0 Å². The first kappa shape index (κ1) is 19.9. The van der Waals surface area contributed by atoms with Crippen LogP contribution in [0.1, 0.15) is 27.7 Å². The molecule has 0 aliphatic heterocycles. The third-order valence-corrected chi connectivity index (χ3v) is 4.83. The molecule has 2 amide bonds. The molecule has 26 heavy (non-hydrogen) atoms. The van der Waals surface area contributed by atoms with E-state index in [0.717, 1.165) is 10.9 Å². The number of carbonyl (C=O) groups is 3. The summed E-state index contributed by atoms with van der Waals surface area (Å²) in [6, 6.07) is 3.70. The third-order valence-electron chi connectivity index (χ3n) is 3.42. The fraction of sp³-hybridized carbons (Fsp3) is 0.235. The molecule has 9 heteroatoms. The molecule has 0 unspecified atom stereocenters. The van der Waals surface area contributed by atoms with E-state index in [9.17, 15) is 18.8 Å². The average Bonchev–Trinajstić information content (AvgIpc) is 2.82. The molecular formula is C17H16ClFN2O4S. The molecule has 0 saturated carbocycles. The molecule has 1 aromatic carbocycles. The van der Waals surface area contributed by atoms with Crippen LogP contribution in [0.5, 0.6) is 0 Å². The zero-order valence-electron chi connectivity index (χ0n) is 14.2. The second-order valence-electron chi connectivity index (χ2n) is 5.42. The molecule has 1 aromatic heterocycles. The molecule has 0 atom stereocenters. The molecule has 6 nitrogen and oxygen atoms in total. The van der Waals surface area contributed by atoms with Crippen molar-refractivity contribution in [3.05, 3.63) is 45.0 Å². The Morgan fingerprint density at radius 3 is 2.54 bits per heavy atom. The largest absolute Gasteiger partial charge is 0.452 e. The van der Waals surface area contributed by atoms with Crippen molar-refractivity contribution < 1.29 is 23.5 Å². The average molecular weight is 399 g/mol. The van der Waals surface area contributed by atoms with Crippen molar-refractivity contribution in [2.75, 3.05) is 17.2 Å². The fourth-order valence-corrected chi connectivity index (χ4v) is 3.37. The molecule has 0 aliphatic carbocycles. The minimum atomic E-state index is -0.720. The van der Waals surface area contributed by atoms with Gasteiger partial charge in [-0.15, -0.1) is 11.3 Å². The predicted octanol–water partition coefficient (Wildman–Crippen LogP) is 3.91. The number of thiophene rings is 1. The quantitative estimate of drug-likeness (QED) is 0.748. The Hall–Kier alpha value is -2.45. The van der Waals surface area contributed by atoms with E-state index in [1.54, 1.807) is 6.92 Å². The number of hydrogen-bond acceptors (Lipinski definition) is 5. The van der Waals surface area contributed by atoms with Gasteiger partial charge in [-0.3, -0.25) is 9.59 Å². The second kappa shape index (κ2) is 8.29. The lowest BCUT2D eigenvalue weighted by molar-refractivity contribution is -0.119. The van der Waals surface area contributed by atoms with Crippen LogP contribution in [0.15, 0.2) is 18.2 Å². The third kappa shape index (κ3) is 4.80. The molecule has 2 rings (SSSR count). The summed E-state index contributed by atoms with van der Waals surface area (Å²) in [6.45, 7) is 4.34. The van der Waals surface area contributed by atoms with Crippen molar-refractivity contribution >= 4 is 51.4 Å². The summed E-state index contributed by atoms with van der Waals surface area (Å²) in [6.07, 6.45) is 0. The number of nitrogens with one attached hydrogen (secondary N) is 2. The molecular weight excluding hydrogens is 383 g/mol. The number of anilines is 2. The monoisotopic (exact) mass is 398 g/mol.